The van der Waals surface area contributed by atoms with Crippen LogP contribution in [0.1, 0.15) is 55.0 Å². The highest BCUT2D eigenvalue weighted by molar-refractivity contribution is 7.80. The van der Waals surface area contributed by atoms with Gasteiger partial charge in [-0.25, -0.2) is 9.67 Å². The predicted molar refractivity (Wildman–Crippen MR) is 180 cm³/mol. The maximum absolute atomic E-state index is 12.4. The smallest absolute Gasteiger partial charge is 0.406 e. The number of nitrogens with zero attached hydrogens (tertiary/aromatic N) is 5. The summed E-state index contributed by atoms with van der Waals surface area (Å²) in [5.41, 5.74) is 7.38. The van der Waals surface area contributed by atoms with Crippen LogP contribution < -0.4 is 14.9 Å². The number of hydrogen-bond acceptors (Lipinski definition) is 5. The second-order valence-electron chi connectivity index (χ2n) is 11.3. The van der Waals surface area contributed by atoms with E-state index in [-0.39, 0.29) is 5.75 Å². The molecule has 7 nitrogen and oxygen atoms in total. The molecule has 0 spiro atoms. The number of benzene rings is 3. The van der Waals surface area contributed by atoms with Crippen LogP contribution >= 0.6 is 23.6 Å². The molecule has 5 rings (SSSR count). The molecule has 0 radical (unpaired) electrons. The van der Waals surface area contributed by atoms with Crippen molar-refractivity contribution in [2.45, 2.75) is 59.2 Å². The van der Waals surface area contributed by atoms with Gasteiger partial charge >= 0.3 is 6.36 Å². The van der Waals surface area contributed by atoms with Gasteiger partial charge in [-0.2, -0.15) is 4.99 Å². The number of alkyl halides is 3. The van der Waals surface area contributed by atoms with Crippen LogP contribution in [0, 0.1) is 13.8 Å². The molecule has 0 amide bonds. The Labute approximate surface area is 275 Å². The largest absolute Gasteiger partial charge is 0.573 e. The molecule has 0 saturated carbocycles. The SMILES string of the molecule is Cc1ccc(C(C)C)c(-n2c(C)cs/c2=N\C(=S)NCCCCc2ccc(-c3ncn(-c4ccc(OC(F)(F)F)cc4)n3)cc2)c1. The van der Waals surface area contributed by atoms with E-state index >= 15 is 0 Å². The lowest BCUT2D eigenvalue weighted by atomic mass is 9.99. The maximum Gasteiger partial charge on any atom is 0.573 e. The molecule has 1 N–H and O–H groups in total. The first kappa shape index (κ1) is 33.1. The second kappa shape index (κ2) is 14.4. The Balaban J connectivity index is 1.12. The third-order valence-electron chi connectivity index (χ3n) is 7.33. The van der Waals surface area contributed by atoms with E-state index in [1.165, 1.54) is 52.0 Å². The number of unbranched alkanes of at least 4 members (excludes halogenated alkanes) is 1. The van der Waals surface area contributed by atoms with Crippen LogP contribution in [0.15, 0.2) is 83.4 Å². The Bertz CT molecular complexity index is 1860. The summed E-state index contributed by atoms with van der Waals surface area (Å²) in [6.45, 7) is 9.34. The van der Waals surface area contributed by atoms with Crippen molar-refractivity contribution < 1.29 is 17.9 Å². The minimum Gasteiger partial charge on any atom is -0.406 e. The van der Waals surface area contributed by atoms with Crippen molar-refractivity contribution in [1.29, 1.82) is 0 Å². The molecule has 5 aromatic rings. The van der Waals surface area contributed by atoms with Gasteiger partial charge in [0.2, 0.25) is 0 Å². The van der Waals surface area contributed by atoms with E-state index in [4.69, 9.17) is 17.2 Å². The molecular weight excluding hydrogens is 630 g/mol. The molecule has 46 heavy (non-hydrogen) atoms. The van der Waals surface area contributed by atoms with Crippen LogP contribution in [0.2, 0.25) is 0 Å². The van der Waals surface area contributed by atoms with Gasteiger partial charge in [-0.1, -0.05) is 50.2 Å². The van der Waals surface area contributed by atoms with Crippen molar-refractivity contribution in [3.05, 3.63) is 106 Å². The highest BCUT2D eigenvalue weighted by atomic mass is 32.1. The zero-order valence-electron chi connectivity index (χ0n) is 26.0. The van der Waals surface area contributed by atoms with Gasteiger partial charge in [0.15, 0.2) is 15.7 Å². The van der Waals surface area contributed by atoms with Crippen molar-refractivity contribution in [1.82, 2.24) is 24.6 Å². The van der Waals surface area contributed by atoms with Crippen molar-refractivity contribution >= 4 is 28.7 Å². The van der Waals surface area contributed by atoms with Crippen LogP contribution in [-0.4, -0.2) is 37.4 Å². The monoisotopic (exact) mass is 664 g/mol. The summed E-state index contributed by atoms with van der Waals surface area (Å²) >= 11 is 7.17. The van der Waals surface area contributed by atoms with E-state index in [1.807, 2.05) is 12.1 Å². The maximum atomic E-state index is 12.4. The molecule has 0 aliphatic carbocycles. The normalized spacial score (nSPS) is 12.1. The molecule has 0 atom stereocenters. The predicted octanol–water partition coefficient (Wildman–Crippen LogP) is 8.22. The fraction of sp³-hybridized carbons (Fsp3) is 0.294. The van der Waals surface area contributed by atoms with E-state index < -0.39 is 6.36 Å². The molecule has 3 aromatic carbocycles. The lowest BCUT2D eigenvalue weighted by Crippen LogP contribution is -2.25. The highest BCUT2D eigenvalue weighted by Gasteiger charge is 2.31. The third kappa shape index (κ3) is 8.49. The summed E-state index contributed by atoms with van der Waals surface area (Å²) < 4.78 is 44.9. The number of ether oxygens (including phenoxy) is 1. The third-order valence-corrected chi connectivity index (χ3v) is 8.51. The quantitative estimate of drug-likeness (QED) is 0.120. The summed E-state index contributed by atoms with van der Waals surface area (Å²) in [6.07, 6.45) is -0.375. The van der Waals surface area contributed by atoms with Crippen LogP contribution in [0.5, 0.6) is 5.75 Å². The number of nitrogens with one attached hydrogen (secondary N) is 1. The number of rotatable bonds is 10. The van der Waals surface area contributed by atoms with E-state index in [9.17, 15) is 13.2 Å². The van der Waals surface area contributed by atoms with E-state index in [2.05, 4.69) is 88.1 Å². The molecule has 0 bridgehead atoms. The summed E-state index contributed by atoms with van der Waals surface area (Å²) in [5.74, 6) is 0.617. The van der Waals surface area contributed by atoms with E-state index in [1.54, 1.807) is 11.3 Å². The Kier molecular flexibility index (Phi) is 10.4. The van der Waals surface area contributed by atoms with E-state index in [0.717, 1.165) is 47.6 Å². The number of hydrogen-bond donors (Lipinski definition) is 1. The fourth-order valence-electron chi connectivity index (χ4n) is 5.02. The van der Waals surface area contributed by atoms with Gasteiger partial charge in [-0.05, 0) is 98.3 Å². The summed E-state index contributed by atoms with van der Waals surface area (Å²) in [6, 6.07) is 20.1. The van der Waals surface area contributed by atoms with Gasteiger partial charge in [-0.15, -0.1) is 29.6 Å². The molecule has 0 unspecified atom stereocenters. The number of halogens is 3. The Morgan fingerprint density at radius 2 is 1.76 bits per heavy atom. The molecule has 12 heteroatoms. The Hall–Kier alpha value is -4.29. The average Bonchev–Trinajstić information content (AvgIpc) is 3.64. The number of aromatic nitrogens is 4. The van der Waals surface area contributed by atoms with Gasteiger partial charge in [0, 0.05) is 23.2 Å². The summed E-state index contributed by atoms with van der Waals surface area (Å²) in [5, 5.41) is 10.4. The van der Waals surface area contributed by atoms with Crippen molar-refractivity contribution in [2.75, 3.05) is 6.54 Å². The molecule has 0 aliphatic heterocycles. The lowest BCUT2D eigenvalue weighted by Gasteiger charge is -2.16. The van der Waals surface area contributed by atoms with Crippen LogP contribution in [0.3, 0.4) is 0 Å². The number of aryl methyl sites for hydroxylation is 3. The molecule has 240 valence electrons. The van der Waals surface area contributed by atoms with Gasteiger partial charge in [0.1, 0.15) is 12.1 Å². The van der Waals surface area contributed by atoms with Crippen molar-refractivity contribution in [3.63, 3.8) is 0 Å². The lowest BCUT2D eigenvalue weighted by molar-refractivity contribution is -0.274. The minimum atomic E-state index is -4.73. The highest BCUT2D eigenvalue weighted by Crippen LogP contribution is 2.26. The van der Waals surface area contributed by atoms with Gasteiger partial charge in [0.05, 0.1) is 11.4 Å². The number of thiazole rings is 1. The van der Waals surface area contributed by atoms with Crippen molar-refractivity contribution in [2.24, 2.45) is 4.99 Å². The molecule has 0 fully saturated rings. The molecule has 2 heterocycles. The van der Waals surface area contributed by atoms with Crippen LogP contribution in [0.25, 0.3) is 22.8 Å². The first-order valence-electron chi connectivity index (χ1n) is 14.9. The van der Waals surface area contributed by atoms with Gasteiger partial charge in [0.25, 0.3) is 0 Å². The Morgan fingerprint density at radius 3 is 2.46 bits per heavy atom. The number of thiocarbonyl (C=S) groups is 1. The van der Waals surface area contributed by atoms with Gasteiger partial charge in [-0.3, -0.25) is 4.57 Å². The average molecular weight is 665 g/mol. The van der Waals surface area contributed by atoms with Crippen LogP contribution in [-0.2, 0) is 6.42 Å². The fourth-order valence-corrected chi connectivity index (χ4v) is 6.14. The Morgan fingerprint density at radius 1 is 1.02 bits per heavy atom. The first-order valence-corrected chi connectivity index (χ1v) is 16.2. The molecule has 0 aliphatic rings. The topological polar surface area (TPSA) is 69.3 Å². The summed E-state index contributed by atoms with van der Waals surface area (Å²) in [7, 11) is 0. The second-order valence-corrected chi connectivity index (χ2v) is 12.5. The standard InChI is InChI=1S/C34H35F3N6OS2/c1-22(2)29-17-8-23(3)19-30(29)43-24(4)20-46-33(43)40-32(45)38-18-6-5-7-25-9-11-26(12-10-25)31-39-21-42(41-31)27-13-15-28(16-14-27)44-34(35,36)37/h8-17,19-22H,5-7,18H2,1-4H3,(H,38,45)/b40-33-. The first-order chi connectivity index (χ1) is 22.0. The van der Waals surface area contributed by atoms with Crippen molar-refractivity contribution in [3.8, 4) is 28.5 Å². The zero-order chi connectivity index (χ0) is 32.8. The minimum absolute atomic E-state index is 0.291. The van der Waals surface area contributed by atoms with E-state index in [0.29, 0.717) is 22.5 Å². The molecule has 0 saturated heterocycles. The molecule has 2 aromatic heterocycles. The zero-order valence-corrected chi connectivity index (χ0v) is 27.6. The molecular formula is C34H35F3N6OS2. The van der Waals surface area contributed by atoms with Crippen LogP contribution in [0.4, 0.5) is 13.2 Å². The van der Waals surface area contributed by atoms with Gasteiger partial charge < -0.3 is 10.1 Å². The summed E-state index contributed by atoms with van der Waals surface area (Å²) in [4.78, 5) is 9.97.